The molecule has 0 unspecified atom stereocenters. The fourth-order valence-electron chi connectivity index (χ4n) is 1.23. The first kappa shape index (κ1) is 12.1. The van der Waals surface area contributed by atoms with Gasteiger partial charge in [-0.3, -0.25) is 4.79 Å². The molecule has 0 radical (unpaired) electrons. The summed E-state index contributed by atoms with van der Waals surface area (Å²) in [6, 6.07) is 7.76. The van der Waals surface area contributed by atoms with E-state index in [1.165, 1.54) is 0 Å². The highest BCUT2D eigenvalue weighted by Crippen LogP contribution is 2.18. The maximum atomic E-state index is 11.6. The number of carbonyl (C=O) groups is 1. The molecule has 3 heteroatoms. The summed E-state index contributed by atoms with van der Waals surface area (Å²) < 4.78 is 0. The molecule has 1 aromatic carbocycles. The van der Waals surface area contributed by atoms with Crippen molar-refractivity contribution in [1.82, 2.24) is 5.32 Å². The Balaban J connectivity index is 2.67. The third-order valence-electron chi connectivity index (χ3n) is 1.94. The van der Waals surface area contributed by atoms with Crippen LogP contribution in [0.2, 0.25) is 0 Å². The van der Waals surface area contributed by atoms with Crippen molar-refractivity contribution in [3.8, 4) is 0 Å². The van der Waals surface area contributed by atoms with Crippen LogP contribution >= 0.6 is 11.8 Å². The predicted octanol–water partition coefficient (Wildman–Crippen LogP) is 2.94. The highest BCUT2D eigenvalue weighted by atomic mass is 32.2. The van der Waals surface area contributed by atoms with Crippen molar-refractivity contribution in [3.05, 3.63) is 29.8 Å². The summed E-state index contributed by atoms with van der Waals surface area (Å²) in [7, 11) is 0. The van der Waals surface area contributed by atoms with Crippen LogP contribution in [0, 0.1) is 0 Å². The zero-order valence-electron chi connectivity index (χ0n) is 9.25. The molecule has 82 valence electrons. The van der Waals surface area contributed by atoms with E-state index in [1.54, 1.807) is 11.8 Å². The van der Waals surface area contributed by atoms with Gasteiger partial charge in [-0.25, -0.2) is 0 Å². The molecule has 1 amide bonds. The van der Waals surface area contributed by atoms with E-state index in [2.05, 4.69) is 12.2 Å². The number of nitrogens with one attached hydrogen (secondary N) is 1. The highest BCUT2D eigenvalue weighted by Gasteiger charge is 2.04. The number of hydrogen-bond donors (Lipinski definition) is 1. The lowest BCUT2D eigenvalue weighted by atomic mass is 10.2. The number of hydrogen-bond acceptors (Lipinski definition) is 2. The Kier molecular flexibility index (Phi) is 5.26. The Morgan fingerprint density at radius 2 is 2.20 bits per heavy atom. The number of rotatable bonds is 5. The van der Waals surface area contributed by atoms with Gasteiger partial charge in [0.15, 0.2) is 0 Å². The van der Waals surface area contributed by atoms with Crippen LogP contribution in [0.4, 0.5) is 0 Å². The van der Waals surface area contributed by atoms with E-state index in [-0.39, 0.29) is 5.91 Å². The van der Waals surface area contributed by atoms with E-state index in [0.717, 1.165) is 29.2 Å². The molecule has 0 heterocycles. The molecule has 0 bridgehead atoms. The number of thioether (sulfide) groups is 1. The summed E-state index contributed by atoms with van der Waals surface area (Å²) in [4.78, 5) is 12.8. The van der Waals surface area contributed by atoms with Gasteiger partial charge < -0.3 is 5.32 Å². The maximum absolute atomic E-state index is 11.6. The molecule has 0 saturated heterocycles. The van der Waals surface area contributed by atoms with E-state index in [0.29, 0.717) is 0 Å². The van der Waals surface area contributed by atoms with Crippen molar-refractivity contribution in [3.63, 3.8) is 0 Å². The molecule has 1 rings (SSSR count). The summed E-state index contributed by atoms with van der Waals surface area (Å²) in [5.74, 6) is 1.05. The van der Waals surface area contributed by atoms with E-state index >= 15 is 0 Å². The molecule has 0 aliphatic rings. The first-order valence-corrected chi connectivity index (χ1v) is 6.27. The second kappa shape index (κ2) is 6.51. The van der Waals surface area contributed by atoms with Gasteiger partial charge in [-0.05, 0) is 30.4 Å². The molecule has 1 aromatic rings. The van der Waals surface area contributed by atoms with Crippen LogP contribution in [0.5, 0.6) is 0 Å². The van der Waals surface area contributed by atoms with Crippen LogP contribution < -0.4 is 5.32 Å². The summed E-state index contributed by atoms with van der Waals surface area (Å²) in [6.07, 6.45) is 0.967. The zero-order chi connectivity index (χ0) is 11.1. The van der Waals surface area contributed by atoms with Gasteiger partial charge in [-0.2, -0.15) is 0 Å². The van der Waals surface area contributed by atoms with Gasteiger partial charge in [0.05, 0.1) is 0 Å². The second-order valence-electron chi connectivity index (χ2n) is 3.22. The average molecular weight is 223 g/mol. The number of benzene rings is 1. The smallest absolute Gasteiger partial charge is 0.251 e. The monoisotopic (exact) mass is 223 g/mol. The minimum absolute atomic E-state index is 0.0235. The highest BCUT2D eigenvalue weighted by molar-refractivity contribution is 7.99. The number of amides is 1. The largest absolute Gasteiger partial charge is 0.352 e. The van der Waals surface area contributed by atoms with E-state index < -0.39 is 0 Å². The van der Waals surface area contributed by atoms with E-state index in [9.17, 15) is 4.79 Å². The zero-order valence-corrected chi connectivity index (χ0v) is 10.1. The van der Waals surface area contributed by atoms with Crippen molar-refractivity contribution < 1.29 is 4.79 Å². The van der Waals surface area contributed by atoms with Crippen molar-refractivity contribution >= 4 is 17.7 Å². The Morgan fingerprint density at radius 3 is 2.87 bits per heavy atom. The molecule has 0 atom stereocenters. The fourth-order valence-corrected chi connectivity index (χ4v) is 1.95. The quantitative estimate of drug-likeness (QED) is 0.778. The molecule has 1 N–H and O–H groups in total. The Morgan fingerprint density at radius 1 is 1.40 bits per heavy atom. The van der Waals surface area contributed by atoms with Crippen LogP contribution in [0.15, 0.2) is 29.2 Å². The molecule has 2 nitrogen and oxygen atoms in total. The Bertz CT molecular complexity index is 325. The van der Waals surface area contributed by atoms with Crippen molar-refractivity contribution in [2.75, 3.05) is 12.3 Å². The normalized spacial score (nSPS) is 10.0. The molecule has 0 fully saturated rings. The molecule has 0 aliphatic heterocycles. The molecule has 15 heavy (non-hydrogen) atoms. The fraction of sp³-hybridized carbons (Fsp3) is 0.417. The van der Waals surface area contributed by atoms with Crippen LogP contribution in [0.25, 0.3) is 0 Å². The third-order valence-corrected chi connectivity index (χ3v) is 2.82. The van der Waals surface area contributed by atoms with Gasteiger partial charge >= 0.3 is 0 Å². The first-order valence-electron chi connectivity index (χ1n) is 5.29. The van der Waals surface area contributed by atoms with Gasteiger partial charge in [0, 0.05) is 17.0 Å². The Labute approximate surface area is 95.5 Å². The summed E-state index contributed by atoms with van der Waals surface area (Å²) in [5.41, 5.74) is 0.752. The van der Waals surface area contributed by atoms with Gasteiger partial charge in [-0.1, -0.05) is 19.9 Å². The van der Waals surface area contributed by atoms with Crippen molar-refractivity contribution in [2.45, 2.75) is 25.2 Å². The van der Waals surface area contributed by atoms with Crippen LogP contribution in [-0.2, 0) is 0 Å². The third kappa shape index (κ3) is 3.96. The molecular formula is C12H17NOS. The second-order valence-corrected chi connectivity index (χ2v) is 4.55. The molecular weight excluding hydrogens is 206 g/mol. The summed E-state index contributed by atoms with van der Waals surface area (Å²) >= 11 is 1.75. The standard InChI is InChI=1S/C12H17NOS/c1-3-8-13-12(14)10-6-5-7-11(9-10)15-4-2/h5-7,9H,3-4,8H2,1-2H3,(H,13,14). The lowest BCUT2D eigenvalue weighted by Crippen LogP contribution is -2.23. The lowest BCUT2D eigenvalue weighted by molar-refractivity contribution is 0.0953. The van der Waals surface area contributed by atoms with Crippen LogP contribution in [-0.4, -0.2) is 18.2 Å². The molecule has 0 saturated carbocycles. The minimum Gasteiger partial charge on any atom is -0.352 e. The first-order chi connectivity index (χ1) is 7.27. The number of carbonyl (C=O) groups excluding carboxylic acids is 1. The maximum Gasteiger partial charge on any atom is 0.251 e. The van der Waals surface area contributed by atoms with E-state index in [4.69, 9.17) is 0 Å². The predicted molar refractivity (Wildman–Crippen MR) is 65.5 cm³/mol. The van der Waals surface area contributed by atoms with Crippen LogP contribution in [0.3, 0.4) is 0 Å². The van der Waals surface area contributed by atoms with E-state index in [1.807, 2.05) is 31.2 Å². The Hall–Kier alpha value is -0.960. The van der Waals surface area contributed by atoms with Crippen molar-refractivity contribution in [2.24, 2.45) is 0 Å². The topological polar surface area (TPSA) is 29.1 Å². The van der Waals surface area contributed by atoms with Gasteiger partial charge in [0.1, 0.15) is 0 Å². The minimum atomic E-state index is 0.0235. The molecule has 0 aromatic heterocycles. The van der Waals surface area contributed by atoms with Gasteiger partial charge in [0.25, 0.3) is 5.91 Å². The molecule has 0 aliphatic carbocycles. The molecule has 0 spiro atoms. The SMILES string of the molecule is CCCNC(=O)c1cccc(SCC)c1. The summed E-state index contributed by atoms with van der Waals surface area (Å²) in [5, 5.41) is 2.87. The average Bonchev–Trinajstić information content (AvgIpc) is 2.27. The van der Waals surface area contributed by atoms with Crippen LogP contribution in [0.1, 0.15) is 30.6 Å². The van der Waals surface area contributed by atoms with Gasteiger partial charge in [0.2, 0.25) is 0 Å². The van der Waals surface area contributed by atoms with Gasteiger partial charge in [-0.15, -0.1) is 11.8 Å². The lowest BCUT2D eigenvalue weighted by Gasteiger charge is -2.05. The van der Waals surface area contributed by atoms with Crippen molar-refractivity contribution in [1.29, 1.82) is 0 Å². The summed E-state index contributed by atoms with van der Waals surface area (Å²) in [6.45, 7) is 4.89.